The molecular weight excluding hydrogens is 332 g/mol. The second-order valence-corrected chi connectivity index (χ2v) is 6.57. The molecule has 0 bridgehead atoms. The molecule has 2 aromatic rings. The van der Waals surface area contributed by atoms with E-state index in [0.717, 1.165) is 16.5 Å². The lowest BCUT2D eigenvalue weighted by Crippen LogP contribution is -2.55. The van der Waals surface area contributed by atoms with Gasteiger partial charge in [-0.05, 0) is 36.6 Å². The van der Waals surface area contributed by atoms with E-state index in [-0.39, 0.29) is 11.8 Å². The van der Waals surface area contributed by atoms with Gasteiger partial charge in [0.05, 0.1) is 5.52 Å². The molecule has 7 heteroatoms. The highest BCUT2D eigenvalue weighted by Crippen LogP contribution is 2.26. The number of para-hydroxylation sites is 1. The number of aromatic nitrogens is 1. The standard InChI is InChI=1S/C19H18N4O3/c24-16(6-5-13-7-10-20-15-4-2-1-3-14(13)15)23-11-8-19(9-12-23)17(25)21-18(26)22-19/h1-7,10H,8-9,11-12H2,(H2,21,22,25,26)/b6-5+. The fraction of sp³-hybridized carbons (Fsp3) is 0.263. The first-order valence-electron chi connectivity index (χ1n) is 8.52. The summed E-state index contributed by atoms with van der Waals surface area (Å²) in [5.41, 5.74) is 0.948. The zero-order chi connectivity index (χ0) is 18.1. The minimum Gasteiger partial charge on any atom is -0.339 e. The Labute approximate surface area is 150 Å². The van der Waals surface area contributed by atoms with Gasteiger partial charge in [0, 0.05) is 30.7 Å². The number of rotatable bonds is 2. The quantitative estimate of drug-likeness (QED) is 0.633. The number of urea groups is 1. The van der Waals surface area contributed by atoms with Crippen molar-refractivity contribution in [1.29, 1.82) is 0 Å². The van der Waals surface area contributed by atoms with Gasteiger partial charge in [0.2, 0.25) is 5.91 Å². The molecule has 7 nitrogen and oxygen atoms in total. The van der Waals surface area contributed by atoms with Crippen LogP contribution in [0.4, 0.5) is 4.79 Å². The molecule has 26 heavy (non-hydrogen) atoms. The normalized spacial score (nSPS) is 19.2. The lowest BCUT2D eigenvalue weighted by atomic mass is 9.87. The van der Waals surface area contributed by atoms with Gasteiger partial charge in [0.25, 0.3) is 5.91 Å². The van der Waals surface area contributed by atoms with E-state index in [1.165, 1.54) is 0 Å². The molecule has 0 atom stereocenters. The first kappa shape index (κ1) is 16.3. The number of carbonyl (C=O) groups excluding carboxylic acids is 3. The number of nitrogens with zero attached hydrogens (tertiary/aromatic N) is 2. The molecule has 132 valence electrons. The molecule has 2 aliphatic rings. The molecule has 2 saturated heterocycles. The summed E-state index contributed by atoms with van der Waals surface area (Å²) in [6.45, 7) is 0.849. The molecule has 3 heterocycles. The van der Waals surface area contributed by atoms with Gasteiger partial charge in [-0.2, -0.15) is 0 Å². The van der Waals surface area contributed by atoms with Crippen LogP contribution in [0.1, 0.15) is 18.4 Å². The molecule has 1 aromatic heterocycles. The third-order valence-electron chi connectivity index (χ3n) is 5.03. The van der Waals surface area contributed by atoms with Crippen LogP contribution in [0.3, 0.4) is 0 Å². The summed E-state index contributed by atoms with van der Waals surface area (Å²) >= 11 is 0. The zero-order valence-corrected chi connectivity index (χ0v) is 14.1. The number of amides is 4. The van der Waals surface area contributed by atoms with Gasteiger partial charge in [-0.25, -0.2) is 4.79 Å². The molecule has 2 fully saturated rings. The summed E-state index contributed by atoms with van der Waals surface area (Å²) in [5.74, 6) is -0.404. The van der Waals surface area contributed by atoms with Gasteiger partial charge in [0.15, 0.2) is 0 Å². The molecule has 0 aliphatic carbocycles. The minimum absolute atomic E-state index is 0.106. The van der Waals surface area contributed by atoms with Crippen molar-refractivity contribution in [2.24, 2.45) is 0 Å². The van der Waals surface area contributed by atoms with E-state index in [0.29, 0.717) is 25.9 Å². The maximum atomic E-state index is 12.5. The molecule has 2 aliphatic heterocycles. The molecule has 2 N–H and O–H groups in total. The number of nitrogens with one attached hydrogen (secondary N) is 2. The van der Waals surface area contributed by atoms with Crippen molar-refractivity contribution in [3.05, 3.63) is 48.2 Å². The van der Waals surface area contributed by atoms with E-state index in [2.05, 4.69) is 15.6 Å². The van der Waals surface area contributed by atoms with E-state index in [1.807, 2.05) is 30.3 Å². The van der Waals surface area contributed by atoms with Gasteiger partial charge < -0.3 is 10.2 Å². The predicted molar refractivity (Wildman–Crippen MR) is 96.0 cm³/mol. The molecule has 1 spiro atoms. The van der Waals surface area contributed by atoms with Crippen molar-refractivity contribution in [3.63, 3.8) is 0 Å². The Morgan fingerprint density at radius 1 is 1.15 bits per heavy atom. The average molecular weight is 350 g/mol. The first-order valence-corrected chi connectivity index (χ1v) is 8.52. The van der Waals surface area contributed by atoms with Gasteiger partial charge in [0.1, 0.15) is 5.54 Å². The number of likely N-dealkylation sites (tertiary alicyclic amines) is 1. The van der Waals surface area contributed by atoms with E-state index in [4.69, 9.17) is 0 Å². The Kier molecular flexibility index (Phi) is 3.91. The summed E-state index contributed by atoms with van der Waals surface area (Å²) in [6, 6.07) is 9.18. The number of hydrogen-bond acceptors (Lipinski definition) is 4. The van der Waals surface area contributed by atoms with Crippen LogP contribution in [0.25, 0.3) is 17.0 Å². The second-order valence-electron chi connectivity index (χ2n) is 6.57. The lowest BCUT2D eigenvalue weighted by molar-refractivity contribution is -0.132. The van der Waals surface area contributed by atoms with Crippen LogP contribution in [0, 0.1) is 0 Å². The Balaban J connectivity index is 1.45. The average Bonchev–Trinajstić information content (AvgIpc) is 2.93. The summed E-state index contributed by atoms with van der Waals surface area (Å²) in [6.07, 6.45) is 5.90. The van der Waals surface area contributed by atoms with Crippen LogP contribution in [-0.2, 0) is 9.59 Å². The molecule has 4 rings (SSSR count). The Hall–Kier alpha value is -3.22. The van der Waals surface area contributed by atoms with E-state index < -0.39 is 11.6 Å². The fourth-order valence-corrected chi connectivity index (χ4v) is 3.52. The molecular formula is C19H18N4O3. The third kappa shape index (κ3) is 2.81. The number of benzene rings is 1. The monoisotopic (exact) mass is 350 g/mol. The Bertz CT molecular complexity index is 924. The van der Waals surface area contributed by atoms with Gasteiger partial charge in [-0.3, -0.25) is 19.9 Å². The maximum Gasteiger partial charge on any atom is 0.322 e. The second kappa shape index (κ2) is 6.25. The van der Waals surface area contributed by atoms with Crippen LogP contribution < -0.4 is 10.6 Å². The molecule has 1 aromatic carbocycles. The van der Waals surface area contributed by atoms with E-state index >= 15 is 0 Å². The van der Waals surface area contributed by atoms with E-state index in [9.17, 15) is 14.4 Å². The highest BCUT2D eigenvalue weighted by Gasteiger charge is 2.48. The number of fused-ring (bicyclic) bond motifs is 1. The van der Waals surface area contributed by atoms with Crippen LogP contribution in [0.2, 0.25) is 0 Å². The van der Waals surface area contributed by atoms with Gasteiger partial charge in [-0.15, -0.1) is 0 Å². The predicted octanol–water partition coefficient (Wildman–Crippen LogP) is 1.45. The smallest absolute Gasteiger partial charge is 0.322 e. The number of hydrogen-bond donors (Lipinski definition) is 2. The number of carbonyl (C=O) groups is 3. The van der Waals surface area contributed by atoms with Gasteiger partial charge in [-0.1, -0.05) is 18.2 Å². The fourth-order valence-electron chi connectivity index (χ4n) is 3.52. The third-order valence-corrected chi connectivity index (χ3v) is 5.03. The molecule has 0 unspecified atom stereocenters. The summed E-state index contributed by atoms with van der Waals surface area (Å²) in [4.78, 5) is 41.8. The van der Waals surface area contributed by atoms with Crippen molar-refractivity contribution in [2.45, 2.75) is 18.4 Å². The van der Waals surface area contributed by atoms with Crippen molar-refractivity contribution in [1.82, 2.24) is 20.5 Å². The number of piperidine rings is 1. The van der Waals surface area contributed by atoms with Crippen LogP contribution >= 0.6 is 0 Å². The van der Waals surface area contributed by atoms with E-state index in [1.54, 1.807) is 23.2 Å². The summed E-state index contributed by atoms with van der Waals surface area (Å²) in [7, 11) is 0. The highest BCUT2D eigenvalue weighted by molar-refractivity contribution is 6.07. The Morgan fingerprint density at radius 3 is 2.65 bits per heavy atom. The Morgan fingerprint density at radius 2 is 1.92 bits per heavy atom. The van der Waals surface area contributed by atoms with Crippen LogP contribution in [-0.4, -0.2) is 46.4 Å². The van der Waals surface area contributed by atoms with Crippen molar-refractivity contribution in [3.8, 4) is 0 Å². The number of pyridine rings is 1. The molecule has 0 radical (unpaired) electrons. The SMILES string of the molecule is O=C1NC(=O)C2(CCN(C(=O)/C=C/c3ccnc4ccccc34)CC2)N1. The van der Waals surface area contributed by atoms with Crippen LogP contribution in [0.15, 0.2) is 42.6 Å². The summed E-state index contributed by atoms with van der Waals surface area (Å²) in [5, 5.41) is 5.95. The largest absolute Gasteiger partial charge is 0.339 e. The minimum atomic E-state index is -0.862. The topological polar surface area (TPSA) is 91.4 Å². The highest BCUT2D eigenvalue weighted by atomic mass is 16.2. The van der Waals surface area contributed by atoms with Crippen molar-refractivity contribution in [2.75, 3.05) is 13.1 Å². The maximum absolute atomic E-state index is 12.5. The zero-order valence-electron chi connectivity index (χ0n) is 14.1. The summed E-state index contributed by atoms with van der Waals surface area (Å²) < 4.78 is 0. The lowest BCUT2D eigenvalue weighted by Gasteiger charge is -2.36. The van der Waals surface area contributed by atoms with Crippen molar-refractivity contribution >= 4 is 34.8 Å². The van der Waals surface area contributed by atoms with Crippen molar-refractivity contribution < 1.29 is 14.4 Å². The van der Waals surface area contributed by atoms with Gasteiger partial charge >= 0.3 is 6.03 Å². The number of imide groups is 1. The van der Waals surface area contributed by atoms with Crippen LogP contribution in [0.5, 0.6) is 0 Å². The molecule has 0 saturated carbocycles. The molecule has 4 amide bonds. The first-order chi connectivity index (χ1) is 12.6.